The summed E-state index contributed by atoms with van der Waals surface area (Å²) >= 11 is 0. The van der Waals surface area contributed by atoms with E-state index < -0.39 is 12.0 Å². The highest BCUT2D eigenvalue weighted by atomic mass is 19.4. The number of halogens is 3. The first-order chi connectivity index (χ1) is 7.52. The molecule has 16 heavy (non-hydrogen) atoms. The molecule has 0 saturated carbocycles. The second-order valence-electron chi connectivity index (χ2n) is 3.08. The number of methoxy groups -OCH3 is 1. The van der Waals surface area contributed by atoms with Gasteiger partial charge in [-0.3, -0.25) is 0 Å². The minimum Gasteiger partial charge on any atom is -0.496 e. The summed E-state index contributed by atoms with van der Waals surface area (Å²) in [5, 5.41) is 0.456. The van der Waals surface area contributed by atoms with Crippen molar-refractivity contribution in [3.05, 3.63) is 30.2 Å². The normalized spacial score (nSPS) is 11.8. The molecule has 0 saturated heterocycles. The molecule has 0 bridgehead atoms. The number of fused-ring (bicyclic) bond motifs is 1. The van der Waals surface area contributed by atoms with Crippen LogP contribution in [0.3, 0.4) is 0 Å². The van der Waals surface area contributed by atoms with E-state index in [2.05, 4.69) is 9.97 Å². The van der Waals surface area contributed by atoms with Crippen LogP contribution < -0.4 is 4.74 Å². The molecule has 2 rings (SSSR count). The average molecular weight is 228 g/mol. The fourth-order valence-electron chi connectivity index (χ4n) is 1.34. The third kappa shape index (κ3) is 1.78. The molecule has 3 nitrogen and oxygen atoms in total. The van der Waals surface area contributed by atoms with E-state index in [1.807, 2.05) is 0 Å². The maximum absolute atomic E-state index is 12.3. The molecular formula is C10H7F3N2O. The standard InChI is InChI=1S/C10H7F3N2O/c1-16-8-4-2-3-7-6(8)5-14-9(15-7)10(11,12)13/h2-5H,1H3. The minimum atomic E-state index is -4.53. The lowest BCUT2D eigenvalue weighted by atomic mass is 10.2. The van der Waals surface area contributed by atoms with Gasteiger partial charge in [-0.15, -0.1) is 0 Å². The molecule has 0 N–H and O–H groups in total. The van der Waals surface area contributed by atoms with Crippen LogP contribution in [0.1, 0.15) is 5.82 Å². The number of rotatable bonds is 1. The van der Waals surface area contributed by atoms with Crippen molar-refractivity contribution in [2.75, 3.05) is 7.11 Å². The van der Waals surface area contributed by atoms with E-state index in [0.29, 0.717) is 11.1 Å². The SMILES string of the molecule is COc1cccc2nc(C(F)(F)F)ncc12. The van der Waals surface area contributed by atoms with Gasteiger partial charge in [-0.1, -0.05) is 6.07 Å². The third-order valence-corrected chi connectivity index (χ3v) is 2.06. The molecule has 1 heterocycles. The topological polar surface area (TPSA) is 35.0 Å². The molecule has 0 aliphatic heterocycles. The molecule has 1 aromatic heterocycles. The summed E-state index contributed by atoms with van der Waals surface area (Å²) in [5.74, 6) is -0.695. The first kappa shape index (κ1) is 10.7. The first-order valence-electron chi connectivity index (χ1n) is 4.39. The van der Waals surface area contributed by atoms with Crippen molar-refractivity contribution in [1.29, 1.82) is 0 Å². The Hall–Kier alpha value is -1.85. The summed E-state index contributed by atoms with van der Waals surface area (Å²) in [6.45, 7) is 0. The van der Waals surface area contributed by atoms with Gasteiger partial charge in [0.25, 0.3) is 0 Å². The minimum absolute atomic E-state index is 0.210. The Morgan fingerprint density at radius 2 is 2.00 bits per heavy atom. The molecular weight excluding hydrogens is 221 g/mol. The summed E-state index contributed by atoms with van der Waals surface area (Å²) in [5.41, 5.74) is 0.210. The van der Waals surface area contributed by atoms with Crippen molar-refractivity contribution in [1.82, 2.24) is 9.97 Å². The lowest BCUT2D eigenvalue weighted by Crippen LogP contribution is -2.10. The molecule has 0 aliphatic rings. The zero-order valence-electron chi connectivity index (χ0n) is 8.25. The van der Waals surface area contributed by atoms with Crippen molar-refractivity contribution >= 4 is 10.9 Å². The maximum Gasteiger partial charge on any atom is 0.451 e. The van der Waals surface area contributed by atoms with Crippen molar-refractivity contribution < 1.29 is 17.9 Å². The number of aromatic nitrogens is 2. The maximum atomic E-state index is 12.3. The van der Waals surface area contributed by atoms with Crippen LogP contribution in [0.2, 0.25) is 0 Å². The first-order valence-corrected chi connectivity index (χ1v) is 4.39. The van der Waals surface area contributed by atoms with E-state index in [4.69, 9.17) is 4.74 Å². The van der Waals surface area contributed by atoms with Gasteiger partial charge in [0.2, 0.25) is 5.82 Å². The van der Waals surface area contributed by atoms with Gasteiger partial charge in [0, 0.05) is 6.20 Å². The molecule has 6 heteroatoms. The van der Waals surface area contributed by atoms with Gasteiger partial charge in [0.15, 0.2) is 0 Å². The molecule has 0 fully saturated rings. The Bertz CT molecular complexity index is 525. The van der Waals surface area contributed by atoms with Crippen LogP contribution in [0.25, 0.3) is 10.9 Å². The second kappa shape index (κ2) is 3.62. The number of alkyl halides is 3. The number of nitrogens with zero attached hydrogens (tertiary/aromatic N) is 2. The van der Waals surface area contributed by atoms with Crippen LogP contribution in [0, 0.1) is 0 Å². The van der Waals surface area contributed by atoms with E-state index in [0.717, 1.165) is 6.20 Å². The Kier molecular flexibility index (Phi) is 2.41. The molecule has 84 valence electrons. The molecule has 2 aromatic rings. The van der Waals surface area contributed by atoms with Crippen LogP contribution in [0.15, 0.2) is 24.4 Å². The van der Waals surface area contributed by atoms with Gasteiger partial charge in [0.1, 0.15) is 5.75 Å². The van der Waals surface area contributed by atoms with Crippen molar-refractivity contribution in [2.24, 2.45) is 0 Å². The smallest absolute Gasteiger partial charge is 0.451 e. The van der Waals surface area contributed by atoms with Gasteiger partial charge in [-0.25, -0.2) is 9.97 Å². The monoisotopic (exact) mass is 228 g/mol. The predicted octanol–water partition coefficient (Wildman–Crippen LogP) is 2.66. The molecule has 0 amide bonds. The fourth-order valence-corrected chi connectivity index (χ4v) is 1.34. The van der Waals surface area contributed by atoms with E-state index in [1.165, 1.54) is 13.2 Å². The molecule has 0 aliphatic carbocycles. The zero-order valence-corrected chi connectivity index (χ0v) is 8.25. The van der Waals surface area contributed by atoms with Crippen LogP contribution in [-0.4, -0.2) is 17.1 Å². The van der Waals surface area contributed by atoms with Gasteiger partial charge in [0.05, 0.1) is 18.0 Å². The largest absolute Gasteiger partial charge is 0.496 e. The van der Waals surface area contributed by atoms with E-state index in [9.17, 15) is 13.2 Å². The van der Waals surface area contributed by atoms with Crippen molar-refractivity contribution in [2.45, 2.75) is 6.18 Å². The zero-order chi connectivity index (χ0) is 11.8. The highest BCUT2D eigenvalue weighted by molar-refractivity contribution is 5.84. The third-order valence-electron chi connectivity index (χ3n) is 2.06. The average Bonchev–Trinajstić information content (AvgIpc) is 2.26. The summed E-state index contributed by atoms with van der Waals surface area (Å²) < 4.78 is 42.0. The Balaban J connectivity index is 2.64. The number of ether oxygens (including phenoxy) is 1. The molecule has 0 radical (unpaired) electrons. The van der Waals surface area contributed by atoms with Crippen LogP contribution in [0.5, 0.6) is 5.75 Å². The summed E-state index contributed by atoms with van der Waals surface area (Å²) in [6.07, 6.45) is -3.42. The number of benzene rings is 1. The fraction of sp³-hybridized carbons (Fsp3) is 0.200. The number of hydrogen-bond donors (Lipinski definition) is 0. The van der Waals surface area contributed by atoms with Gasteiger partial charge < -0.3 is 4.74 Å². The molecule has 0 atom stereocenters. The van der Waals surface area contributed by atoms with Crippen LogP contribution in [0.4, 0.5) is 13.2 Å². The highest BCUT2D eigenvalue weighted by Gasteiger charge is 2.34. The Morgan fingerprint density at radius 3 is 2.62 bits per heavy atom. The van der Waals surface area contributed by atoms with E-state index in [1.54, 1.807) is 12.1 Å². The van der Waals surface area contributed by atoms with Crippen molar-refractivity contribution in [3.63, 3.8) is 0 Å². The Morgan fingerprint density at radius 1 is 1.25 bits per heavy atom. The number of hydrogen-bond acceptors (Lipinski definition) is 3. The van der Waals surface area contributed by atoms with Gasteiger partial charge in [-0.05, 0) is 12.1 Å². The predicted molar refractivity (Wildman–Crippen MR) is 51.1 cm³/mol. The Labute approximate surface area is 88.9 Å². The summed E-state index contributed by atoms with van der Waals surface area (Å²) in [4.78, 5) is 6.71. The lowest BCUT2D eigenvalue weighted by Gasteiger charge is -2.07. The lowest BCUT2D eigenvalue weighted by molar-refractivity contribution is -0.144. The second-order valence-corrected chi connectivity index (χ2v) is 3.08. The van der Waals surface area contributed by atoms with E-state index >= 15 is 0 Å². The van der Waals surface area contributed by atoms with Gasteiger partial charge >= 0.3 is 6.18 Å². The molecule has 1 aromatic carbocycles. The summed E-state index contributed by atoms with van der Waals surface area (Å²) in [6, 6.07) is 4.70. The molecule has 0 unspecified atom stereocenters. The van der Waals surface area contributed by atoms with Crippen LogP contribution >= 0.6 is 0 Å². The quantitative estimate of drug-likeness (QED) is 0.752. The van der Waals surface area contributed by atoms with Gasteiger partial charge in [-0.2, -0.15) is 13.2 Å². The molecule has 0 spiro atoms. The van der Waals surface area contributed by atoms with Crippen LogP contribution in [-0.2, 0) is 6.18 Å². The summed E-state index contributed by atoms with van der Waals surface area (Å²) in [7, 11) is 1.44. The van der Waals surface area contributed by atoms with Crippen molar-refractivity contribution in [3.8, 4) is 5.75 Å². The van der Waals surface area contributed by atoms with E-state index in [-0.39, 0.29) is 5.52 Å². The highest BCUT2D eigenvalue weighted by Crippen LogP contribution is 2.29.